The molecule has 28 heavy (non-hydrogen) atoms. The molecular formula is C21H29N3O4. The van der Waals surface area contributed by atoms with Gasteiger partial charge in [-0.2, -0.15) is 4.98 Å². The lowest BCUT2D eigenvalue weighted by atomic mass is 9.82. The number of ether oxygens (including phenoxy) is 2. The Labute approximate surface area is 166 Å². The molecule has 0 saturated carbocycles. The van der Waals surface area contributed by atoms with Crippen molar-refractivity contribution in [3.8, 4) is 11.5 Å². The number of methoxy groups -OCH3 is 2. The van der Waals surface area contributed by atoms with Gasteiger partial charge in [0, 0.05) is 12.5 Å². The van der Waals surface area contributed by atoms with E-state index in [9.17, 15) is 4.79 Å². The number of benzene rings is 1. The minimum atomic E-state index is -0.729. The minimum Gasteiger partial charge on any atom is -0.493 e. The molecule has 1 amide bonds. The maximum atomic E-state index is 13.5. The molecule has 152 valence electrons. The summed E-state index contributed by atoms with van der Waals surface area (Å²) in [7, 11) is 3.19. The van der Waals surface area contributed by atoms with Crippen LogP contribution in [0, 0.1) is 0 Å². The average molecular weight is 387 g/mol. The van der Waals surface area contributed by atoms with Gasteiger partial charge in [-0.1, -0.05) is 25.1 Å². The van der Waals surface area contributed by atoms with Crippen LogP contribution in [0.1, 0.15) is 69.8 Å². The Morgan fingerprint density at radius 1 is 1.25 bits per heavy atom. The largest absolute Gasteiger partial charge is 0.493 e. The molecule has 1 saturated heterocycles. The summed E-state index contributed by atoms with van der Waals surface area (Å²) in [6.45, 7) is 8.57. The van der Waals surface area contributed by atoms with Gasteiger partial charge in [-0.15, -0.1) is 0 Å². The lowest BCUT2D eigenvalue weighted by molar-refractivity contribution is -0.137. The fourth-order valence-electron chi connectivity index (χ4n) is 3.60. The quantitative estimate of drug-likeness (QED) is 0.749. The monoisotopic (exact) mass is 387 g/mol. The number of rotatable bonds is 6. The molecule has 0 aliphatic carbocycles. The molecule has 1 aliphatic rings. The molecule has 3 rings (SSSR count). The van der Waals surface area contributed by atoms with Crippen molar-refractivity contribution >= 4 is 5.91 Å². The smallest absolute Gasteiger partial charge is 0.233 e. The Balaban J connectivity index is 1.88. The highest BCUT2D eigenvalue weighted by molar-refractivity contribution is 5.88. The van der Waals surface area contributed by atoms with Crippen LogP contribution >= 0.6 is 0 Å². The molecule has 1 aromatic heterocycles. The third-order valence-electron chi connectivity index (χ3n) is 5.40. The second kappa shape index (κ2) is 7.81. The number of hydrogen-bond donors (Lipinski definition) is 0. The summed E-state index contributed by atoms with van der Waals surface area (Å²) in [5, 5.41) is 4.14. The topological polar surface area (TPSA) is 77.7 Å². The zero-order valence-electron chi connectivity index (χ0n) is 17.5. The molecule has 1 fully saturated rings. The first-order chi connectivity index (χ1) is 13.3. The molecule has 7 nitrogen and oxygen atoms in total. The molecule has 0 N–H and O–H groups in total. The van der Waals surface area contributed by atoms with E-state index in [4.69, 9.17) is 14.0 Å². The van der Waals surface area contributed by atoms with Gasteiger partial charge in [0.05, 0.1) is 25.7 Å². The molecule has 2 aromatic rings. The number of carbonyl (C=O) groups is 1. The van der Waals surface area contributed by atoms with E-state index in [1.54, 1.807) is 14.2 Å². The first-order valence-corrected chi connectivity index (χ1v) is 9.66. The van der Waals surface area contributed by atoms with Crippen LogP contribution in [-0.4, -0.2) is 41.7 Å². The lowest BCUT2D eigenvalue weighted by Gasteiger charge is -2.32. The molecule has 1 unspecified atom stereocenters. The summed E-state index contributed by atoms with van der Waals surface area (Å²) in [6, 6.07) is 5.46. The van der Waals surface area contributed by atoms with Gasteiger partial charge in [0.25, 0.3) is 0 Å². The summed E-state index contributed by atoms with van der Waals surface area (Å²) >= 11 is 0. The first-order valence-electron chi connectivity index (χ1n) is 9.66. The van der Waals surface area contributed by atoms with Gasteiger partial charge in [0.1, 0.15) is 0 Å². The number of hydrogen-bond acceptors (Lipinski definition) is 6. The van der Waals surface area contributed by atoms with Crippen molar-refractivity contribution in [2.75, 3.05) is 20.8 Å². The van der Waals surface area contributed by atoms with Crippen molar-refractivity contribution in [2.45, 2.75) is 57.9 Å². The molecule has 0 bridgehead atoms. The van der Waals surface area contributed by atoms with Crippen LogP contribution in [0.15, 0.2) is 22.7 Å². The van der Waals surface area contributed by atoms with E-state index in [2.05, 4.69) is 10.1 Å². The Morgan fingerprint density at radius 2 is 1.96 bits per heavy atom. The van der Waals surface area contributed by atoms with E-state index < -0.39 is 5.41 Å². The van der Waals surface area contributed by atoms with Gasteiger partial charge in [0.2, 0.25) is 11.8 Å². The van der Waals surface area contributed by atoms with E-state index in [1.807, 2.05) is 50.8 Å². The van der Waals surface area contributed by atoms with Crippen LogP contribution in [0.5, 0.6) is 11.5 Å². The number of likely N-dealkylation sites (tertiary alicyclic amines) is 1. The molecule has 2 heterocycles. The highest BCUT2D eigenvalue weighted by Crippen LogP contribution is 2.38. The average Bonchev–Trinajstić information content (AvgIpc) is 3.35. The zero-order valence-corrected chi connectivity index (χ0v) is 17.5. The Hall–Kier alpha value is -2.57. The molecule has 7 heteroatoms. The number of aromatic nitrogens is 2. The van der Waals surface area contributed by atoms with Crippen molar-refractivity contribution < 1.29 is 18.8 Å². The van der Waals surface area contributed by atoms with Gasteiger partial charge in [-0.25, -0.2) is 0 Å². The molecule has 1 atom stereocenters. The molecule has 1 aliphatic heterocycles. The van der Waals surface area contributed by atoms with Crippen molar-refractivity contribution in [1.29, 1.82) is 0 Å². The van der Waals surface area contributed by atoms with Crippen LogP contribution in [0.2, 0.25) is 0 Å². The van der Waals surface area contributed by atoms with Crippen LogP contribution in [0.3, 0.4) is 0 Å². The second-order valence-corrected chi connectivity index (χ2v) is 8.00. The summed E-state index contributed by atoms with van der Waals surface area (Å²) in [5.41, 5.74) is 0.143. The van der Waals surface area contributed by atoms with Crippen molar-refractivity contribution in [3.05, 3.63) is 35.5 Å². The highest BCUT2D eigenvalue weighted by atomic mass is 16.5. The number of amides is 1. The zero-order chi connectivity index (χ0) is 20.5. The second-order valence-electron chi connectivity index (χ2n) is 8.00. The van der Waals surface area contributed by atoms with Gasteiger partial charge >= 0.3 is 0 Å². The van der Waals surface area contributed by atoms with Crippen LogP contribution in [0.4, 0.5) is 0 Å². The maximum absolute atomic E-state index is 13.5. The summed E-state index contributed by atoms with van der Waals surface area (Å²) in [5.74, 6) is 2.65. The van der Waals surface area contributed by atoms with Crippen LogP contribution in [0.25, 0.3) is 0 Å². The maximum Gasteiger partial charge on any atom is 0.233 e. The SMILES string of the molecule is COc1ccc(C(C)(C)C(=O)N2CCCC2c2noc(C(C)C)n2)cc1OC. The molecular weight excluding hydrogens is 358 g/mol. The fraction of sp³-hybridized carbons (Fsp3) is 0.571. The van der Waals surface area contributed by atoms with Gasteiger partial charge in [0.15, 0.2) is 17.3 Å². The summed E-state index contributed by atoms with van der Waals surface area (Å²) in [4.78, 5) is 19.9. The standard InChI is InChI=1S/C21H29N3O4/c1-13(2)19-22-18(23-28-19)15-8-7-11-24(15)20(25)21(3,4)14-9-10-16(26-5)17(12-14)27-6/h9-10,12-13,15H,7-8,11H2,1-6H3. The summed E-state index contributed by atoms with van der Waals surface area (Å²) in [6.07, 6.45) is 1.76. The van der Waals surface area contributed by atoms with E-state index in [-0.39, 0.29) is 17.9 Å². The third kappa shape index (κ3) is 3.57. The Bertz CT molecular complexity index is 844. The Morgan fingerprint density at radius 3 is 2.57 bits per heavy atom. The van der Waals surface area contributed by atoms with Gasteiger partial charge < -0.3 is 18.9 Å². The van der Waals surface area contributed by atoms with Gasteiger partial charge in [-0.3, -0.25) is 4.79 Å². The van der Waals surface area contributed by atoms with E-state index in [0.717, 1.165) is 18.4 Å². The molecule has 0 radical (unpaired) electrons. The lowest BCUT2D eigenvalue weighted by Crippen LogP contribution is -2.43. The van der Waals surface area contributed by atoms with Crippen LogP contribution < -0.4 is 9.47 Å². The van der Waals surface area contributed by atoms with Crippen molar-refractivity contribution in [2.24, 2.45) is 0 Å². The first kappa shape index (κ1) is 20.2. The predicted octanol–water partition coefficient (Wildman–Crippen LogP) is 3.85. The predicted molar refractivity (Wildman–Crippen MR) is 105 cm³/mol. The third-order valence-corrected chi connectivity index (χ3v) is 5.40. The summed E-state index contributed by atoms with van der Waals surface area (Å²) < 4.78 is 16.1. The van der Waals surface area contributed by atoms with Crippen molar-refractivity contribution in [3.63, 3.8) is 0 Å². The van der Waals surface area contributed by atoms with Crippen molar-refractivity contribution in [1.82, 2.24) is 15.0 Å². The van der Waals surface area contributed by atoms with E-state index >= 15 is 0 Å². The molecule has 0 spiro atoms. The van der Waals surface area contributed by atoms with E-state index in [0.29, 0.717) is 29.8 Å². The van der Waals surface area contributed by atoms with Crippen LogP contribution in [-0.2, 0) is 10.2 Å². The Kier molecular flexibility index (Phi) is 5.63. The number of carbonyl (C=O) groups excluding carboxylic acids is 1. The minimum absolute atomic E-state index is 0.0399. The highest BCUT2D eigenvalue weighted by Gasteiger charge is 2.41. The fourth-order valence-corrected chi connectivity index (χ4v) is 3.60. The normalized spacial score (nSPS) is 17.2. The molecule has 1 aromatic carbocycles. The number of nitrogens with zero attached hydrogens (tertiary/aromatic N) is 3. The van der Waals surface area contributed by atoms with E-state index in [1.165, 1.54) is 0 Å². The van der Waals surface area contributed by atoms with Gasteiger partial charge in [-0.05, 0) is 44.4 Å².